The molecule has 5 aliphatic rings. The number of allylic oxidation sites excluding steroid dienone is 2. The molecule has 230 valence electrons. The maximum absolute atomic E-state index is 13.5. The number of benzene rings is 2. The summed E-state index contributed by atoms with van der Waals surface area (Å²) in [7, 11) is -2.15. The quantitative estimate of drug-likeness (QED) is 0.368. The highest BCUT2D eigenvalue weighted by Crippen LogP contribution is 2.48. The number of methoxy groups -OCH3 is 1. The maximum atomic E-state index is 13.5. The first-order chi connectivity index (χ1) is 20.7. The Morgan fingerprint density at radius 1 is 1.09 bits per heavy atom. The summed E-state index contributed by atoms with van der Waals surface area (Å²) >= 11 is 6.56. The van der Waals surface area contributed by atoms with Crippen LogP contribution in [0.3, 0.4) is 0 Å². The molecule has 2 aromatic carbocycles. The number of hydrogen-bond donors (Lipinski definition) is 1. The van der Waals surface area contributed by atoms with Crippen LogP contribution in [0.5, 0.6) is 11.5 Å². The highest BCUT2D eigenvalue weighted by atomic mass is 35.5. The topological polar surface area (TPSA) is 84.9 Å². The largest absolute Gasteiger partial charge is 0.495 e. The van der Waals surface area contributed by atoms with Gasteiger partial charge in [0.15, 0.2) is 0 Å². The van der Waals surface area contributed by atoms with E-state index in [1.807, 2.05) is 12.1 Å². The smallest absolute Gasteiger partial charge is 0.264 e. The van der Waals surface area contributed by atoms with E-state index >= 15 is 0 Å². The molecule has 2 aliphatic heterocycles. The molecule has 0 radical (unpaired) electrons. The van der Waals surface area contributed by atoms with Crippen LogP contribution in [0.2, 0.25) is 5.02 Å². The predicted molar refractivity (Wildman–Crippen MR) is 169 cm³/mol. The number of nitrogens with one attached hydrogen (secondary N) is 1. The van der Waals surface area contributed by atoms with Crippen molar-refractivity contribution in [1.82, 2.24) is 4.72 Å². The number of sulfonamides is 1. The van der Waals surface area contributed by atoms with Crippen LogP contribution >= 0.6 is 11.6 Å². The van der Waals surface area contributed by atoms with Gasteiger partial charge in [0.25, 0.3) is 5.91 Å². The van der Waals surface area contributed by atoms with Gasteiger partial charge in [-0.15, -0.1) is 0 Å². The van der Waals surface area contributed by atoms with E-state index < -0.39 is 21.2 Å². The van der Waals surface area contributed by atoms with E-state index in [4.69, 9.17) is 21.1 Å². The number of carbonyl (C=O) groups excluding carboxylic acids is 1. The van der Waals surface area contributed by atoms with Gasteiger partial charge in [0, 0.05) is 24.1 Å². The number of hydrogen-bond acceptors (Lipinski definition) is 6. The monoisotopic (exact) mass is 624 g/mol. The second-order valence-electron chi connectivity index (χ2n) is 13.4. The van der Waals surface area contributed by atoms with E-state index in [1.54, 1.807) is 13.2 Å². The summed E-state index contributed by atoms with van der Waals surface area (Å²) < 4.78 is 41.4. The van der Waals surface area contributed by atoms with Crippen LogP contribution in [0.4, 0.5) is 5.69 Å². The Morgan fingerprint density at radius 3 is 2.77 bits per heavy atom. The Morgan fingerprint density at radius 2 is 1.95 bits per heavy atom. The average Bonchev–Trinajstić information content (AvgIpc) is 3.13. The first-order valence-corrected chi connectivity index (χ1v) is 17.8. The van der Waals surface area contributed by atoms with Crippen molar-refractivity contribution < 1.29 is 22.7 Å². The molecular weight excluding hydrogens is 584 g/mol. The van der Waals surface area contributed by atoms with Crippen molar-refractivity contribution in [3.63, 3.8) is 0 Å². The van der Waals surface area contributed by atoms with E-state index in [2.05, 4.69) is 33.9 Å². The van der Waals surface area contributed by atoms with Crippen molar-refractivity contribution in [2.45, 2.75) is 74.9 Å². The van der Waals surface area contributed by atoms with Gasteiger partial charge in [-0.1, -0.05) is 30.2 Å². The number of aryl methyl sites for hydroxylation is 1. The number of ether oxygens (including phenoxy) is 2. The van der Waals surface area contributed by atoms with Gasteiger partial charge in [0.2, 0.25) is 10.0 Å². The zero-order chi connectivity index (χ0) is 29.8. The molecule has 9 heteroatoms. The molecule has 7 nitrogen and oxygen atoms in total. The second kappa shape index (κ2) is 11.3. The lowest BCUT2D eigenvalue weighted by atomic mass is 9.69. The third-order valence-corrected chi connectivity index (χ3v) is 12.9. The van der Waals surface area contributed by atoms with E-state index in [-0.39, 0.29) is 11.3 Å². The lowest BCUT2D eigenvalue weighted by Crippen LogP contribution is -2.48. The summed E-state index contributed by atoms with van der Waals surface area (Å²) in [6.45, 7) is 2.12. The number of nitrogens with zero attached hydrogens (tertiary/aromatic N) is 1. The highest BCUT2D eigenvalue weighted by molar-refractivity contribution is 7.90. The van der Waals surface area contributed by atoms with Crippen LogP contribution in [0.15, 0.2) is 42.5 Å². The van der Waals surface area contributed by atoms with Crippen molar-refractivity contribution >= 4 is 33.2 Å². The molecule has 2 fully saturated rings. The molecule has 7 rings (SSSR count). The van der Waals surface area contributed by atoms with E-state index in [1.165, 1.54) is 24.0 Å². The van der Waals surface area contributed by atoms with Gasteiger partial charge in [-0.05, 0) is 117 Å². The average molecular weight is 625 g/mol. The maximum Gasteiger partial charge on any atom is 0.264 e. The Kier molecular flexibility index (Phi) is 7.65. The molecule has 5 atom stereocenters. The van der Waals surface area contributed by atoms with Gasteiger partial charge >= 0.3 is 0 Å². The minimum atomic E-state index is -3.80. The van der Waals surface area contributed by atoms with Gasteiger partial charge in [0.05, 0.1) is 29.7 Å². The number of anilines is 1. The van der Waals surface area contributed by atoms with E-state index in [0.29, 0.717) is 47.6 Å². The molecule has 1 spiro atoms. The number of carbonyl (C=O) groups is 1. The number of fused-ring (bicyclic) bond motifs is 6. The third kappa shape index (κ3) is 5.43. The molecule has 2 saturated carbocycles. The molecule has 3 aliphatic carbocycles. The molecule has 2 heterocycles. The normalized spacial score (nSPS) is 32.2. The van der Waals surface area contributed by atoms with Crippen molar-refractivity contribution in [1.29, 1.82) is 0 Å². The Balaban J connectivity index is 1.29. The van der Waals surface area contributed by atoms with Gasteiger partial charge in [-0.3, -0.25) is 4.79 Å². The molecule has 0 saturated heterocycles. The summed E-state index contributed by atoms with van der Waals surface area (Å²) in [5, 5.41) is 0.0721. The van der Waals surface area contributed by atoms with Gasteiger partial charge < -0.3 is 14.4 Å². The zero-order valence-electron chi connectivity index (χ0n) is 24.8. The molecule has 0 unspecified atom stereocenters. The van der Waals surface area contributed by atoms with Gasteiger partial charge in [-0.2, -0.15) is 0 Å². The summed E-state index contributed by atoms with van der Waals surface area (Å²) in [5.41, 5.74) is 3.40. The fourth-order valence-electron chi connectivity index (χ4n) is 8.25. The fraction of sp³-hybridized carbons (Fsp3) is 0.559. The predicted octanol–water partition coefficient (Wildman–Crippen LogP) is 6.43. The lowest BCUT2D eigenvalue weighted by molar-refractivity contribution is 0.0980. The van der Waals surface area contributed by atoms with Crippen molar-refractivity contribution in [2.75, 3.05) is 31.7 Å². The molecular formula is C34H41ClN2O5S. The Labute approximate surface area is 260 Å². The molecule has 2 aromatic rings. The lowest BCUT2D eigenvalue weighted by Gasteiger charge is -2.44. The molecule has 1 amide bonds. The van der Waals surface area contributed by atoms with Crippen LogP contribution in [0.25, 0.3) is 0 Å². The molecule has 43 heavy (non-hydrogen) atoms. The first kappa shape index (κ1) is 29.0. The van der Waals surface area contributed by atoms with Crippen LogP contribution in [0.1, 0.15) is 79.3 Å². The Hall–Kier alpha value is -2.71. The second-order valence-corrected chi connectivity index (χ2v) is 15.8. The Bertz CT molecular complexity index is 1560. The molecule has 0 aromatic heterocycles. The van der Waals surface area contributed by atoms with Crippen LogP contribution in [-0.4, -0.2) is 46.4 Å². The summed E-state index contributed by atoms with van der Waals surface area (Å²) in [5.74, 6) is 2.21. The van der Waals surface area contributed by atoms with Crippen molar-refractivity contribution in [2.24, 2.45) is 17.8 Å². The summed E-state index contributed by atoms with van der Waals surface area (Å²) in [6, 6.07) is 9.53. The van der Waals surface area contributed by atoms with Crippen LogP contribution in [-0.2, 0) is 21.9 Å². The zero-order valence-corrected chi connectivity index (χ0v) is 26.4. The first-order valence-electron chi connectivity index (χ1n) is 15.9. The fourth-order valence-corrected chi connectivity index (χ4v) is 10.0. The number of halogens is 1. The van der Waals surface area contributed by atoms with Crippen LogP contribution in [0, 0.1) is 17.8 Å². The van der Waals surface area contributed by atoms with Gasteiger partial charge in [-0.25, -0.2) is 13.1 Å². The third-order valence-electron chi connectivity index (χ3n) is 10.8. The summed E-state index contributed by atoms with van der Waals surface area (Å²) in [6.07, 6.45) is 13.9. The van der Waals surface area contributed by atoms with Gasteiger partial charge in [0.1, 0.15) is 11.5 Å². The van der Waals surface area contributed by atoms with Crippen molar-refractivity contribution in [3.05, 3.63) is 64.2 Å². The van der Waals surface area contributed by atoms with Crippen molar-refractivity contribution in [3.8, 4) is 11.5 Å². The number of rotatable bonds is 1. The molecule has 1 N–H and O–H groups in total. The highest BCUT2D eigenvalue weighted by Gasteiger charge is 2.44. The van der Waals surface area contributed by atoms with E-state index in [0.717, 1.165) is 63.1 Å². The minimum Gasteiger partial charge on any atom is -0.495 e. The van der Waals surface area contributed by atoms with E-state index in [9.17, 15) is 13.2 Å². The van der Waals surface area contributed by atoms with Crippen LogP contribution < -0.4 is 19.1 Å². The molecule has 4 bridgehead atoms. The minimum absolute atomic E-state index is 0.238. The number of amides is 1. The summed E-state index contributed by atoms with van der Waals surface area (Å²) in [4.78, 5) is 15.9. The standard InChI is InChI=1S/C34H41ClN2O5S/c1-41-32-18-28-24(16-29(32)35)8-4-14-34(28)20-37-19-26-11-10-23(26)7-2-5-22-6-3-9-27(15-22)43(39,40)36-33(38)25-12-13-31(42-21-34)30(37)17-25/h2,5,12-13,16-18,22-23,26-27H,3-4,6-11,14-15,19-21H2,1H3,(H,36,38)/b5-2+/t22-,23+,26+,27-,34+/m1/s1. The SMILES string of the molecule is COc1cc2c(cc1Cl)CCC[C@]21COc2ccc3cc2N(C[C@@H]2CC[C@@H]2C/C=C/[C@@H]2CCC[C@H](C2)S(=O)(=O)NC3=O)C1.